The Hall–Kier alpha value is -1.22. The molecule has 0 bridgehead atoms. The van der Waals surface area contributed by atoms with E-state index in [4.69, 9.17) is 22.1 Å². The highest BCUT2D eigenvalue weighted by Gasteiger charge is 2.55. The number of ether oxygens (including phenoxy) is 1. The monoisotopic (exact) mass is 293 g/mol. The molecule has 4 atom stereocenters. The molecule has 0 spiro atoms. The molecule has 1 saturated heterocycles. The third-order valence-corrected chi connectivity index (χ3v) is 3.54. The molecule has 0 radical (unpaired) electrons. The third-order valence-electron chi connectivity index (χ3n) is 3.09. The highest BCUT2D eigenvalue weighted by molar-refractivity contribution is 6.18. The highest BCUT2D eigenvalue weighted by Crippen LogP contribution is 2.39. The molecule has 1 aromatic heterocycles. The first-order valence-corrected chi connectivity index (χ1v) is 6.00. The molecule has 4 N–H and O–H groups in total. The number of anilines is 1. The molecule has 1 aliphatic heterocycles. The van der Waals surface area contributed by atoms with Gasteiger partial charge in [-0.25, -0.2) is 9.18 Å². The van der Waals surface area contributed by atoms with Crippen LogP contribution in [0.2, 0.25) is 0 Å². The van der Waals surface area contributed by atoms with Gasteiger partial charge in [-0.05, 0) is 6.07 Å². The van der Waals surface area contributed by atoms with Crippen molar-refractivity contribution in [2.75, 3.05) is 18.2 Å². The Morgan fingerprint density at radius 1 is 1.68 bits per heavy atom. The van der Waals surface area contributed by atoms with Crippen LogP contribution >= 0.6 is 11.6 Å². The van der Waals surface area contributed by atoms with E-state index in [0.29, 0.717) is 0 Å². The van der Waals surface area contributed by atoms with Crippen LogP contribution in [-0.2, 0) is 4.74 Å². The Morgan fingerprint density at radius 3 is 2.84 bits per heavy atom. The summed E-state index contributed by atoms with van der Waals surface area (Å²) in [6.45, 7) is -0.675. The number of nitrogen functional groups attached to an aromatic ring is 1. The molecule has 0 amide bonds. The second kappa shape index (κ2) is 5.04. The summed E-state index contributed by atoms with van der Waals surface area (Å²) in [4.78, 5) is 15.1. The van der Waals surface area contributed by atoms with Gasteiger partial charge in [0.05, 0.1) is 12.5 Å². The maximum atomic E-state index is 14.1. The molecule has 4 unspecified atom stereocenters. The van der Waals surface area contributed by atoms with Gasteiger partial charge in [0.25, 0.3) is 0 Å². The molecule has 2 heterocycles. The lowest BCUT2D eigenvalue weighted by atomic mass is 9.99. The smallest absolute Gasteiger partial charge is 0.351 e. The summed E-state index contributed by atoms with van der Waals surface area (Å²) in [5.74, 6) is -0.334. The van der Waals surface area contributed by atoms with Gasteiger partial charge in [0.15, 0.2) is 12.4 Å². The number of nitrogens with zero attached hydrogens (tertiary/aromatic N) is 2. The second-order valence-electron chi connectivity index (χ2n) is 4.30. The molecule has 7 nitrogen and oxygen atoms in total. The van der Waals surface area contributed by atoms with Crippen molar-refractivity contribution < 1.29 is 19.3 Å². The highest BCUT2D eigenvalue weighted by atomic mass is 35.5. The van der Waals surface area contributed by atoms with Crippen LogP contribution in [0.15, 0.2) is 17.1 Å². The molecule has 0 saturated carbocycles. The Labute approximate surface area is 112 Å². The zero-order chi connectivity index (χ0) is 14.2. The van der Waals surface area contributed by atoms with Gasteiger partial charge >= 0.3 is 5.69 Å². The van der Waals surface area contributed by atoms with Crippen LogP contribution in [0.4, 0.5) is 10.2 Å². The van der Waals surface area contributed by atoms with Crippen LogP contribution in [0.25, 0.3) is 0 Å². The summed E-state index contributed by atoms with van der Waals surface area (Å²) in [7, 11) is 0. The Bertz CT molecular complexity index is 522. The summed E-state index contributed by atoms with van der Waals surface area (Å²) in [6.07, 6.45) is -3.78. The molecule has 106 valence electrons. The van der Waals surface area contributed by atoms with E-state index in [-0.39, 0.29) is 11.7 Å². The average Bonchev–Trinajstić information content (AvgIpc) is 2.64. The van der Waals surface area contributed by atoms with Gasteiger partial charge in [-0.15, -0.1) is 11.6 Å². The fraction of sp³-hybridized carbons (Fsp3) is 0.600. The molecule has 0 aliphatic carbocycles. The third kappa shape index (κ3) is 2.20. The first-order valence-electron chi connectivity index (χ1n) is 5.46. The van der Waals surface area contributed by atoms with Crippen molar-refractivity contribution in [3.63, 3.8) is 0 Å². The lowest BCUT2D eigenvalue weighted by Crippen LogP contribution is -2.47. The van der Waals surface area contributed by atoms with E-state index >= 15 is 0 Å². The van der Waals surface area contributed by atoms with Crippen molar-refractivity contribution in [1.29, 1.82) is 0 Å². The predicted octanol–water partition coefficient (Wildman–Crippen LogP) is -0.977. The minimum Gasteiger partial charge on any atom is -0.393 e. The molecule has 2 rings (SSSR count). The summed E-state index contributed by atoms with van der Waals surface area (Å²) < 4.78 is 20.2. The fourth-order valence-corrected chi connectivity index (χ4v) is 2.24. The number of hydrogen-bond acceptors (Lipinski definition) is 6. The van der Waals surface area contributed by atoms with Crippen molar-refractivity contribution in [3.8, 4) is 0 Å². The zero-order valence-electron chi connectivity index (χ0n) is 9.74. The maximum Gasteiger partial charge on any atom is 0.351 e. The van der Waals surface area contributed by atoms with Crippen molar-refractivity contribution >= 4 is 17.4 Å². The molecule has 19 heavy (non-hydrogen) atoms. The molecule has 1 aromatic rings. The van der Waals surface area contributed by atoms with E-state index in [2.05, 4.69) is 4.98 Å². The van der Waals surface area contributed by atoms with Crippen LogP contribution in [-0.4, -0.2) is 50.1 Å². The SMILES string of the molecule is Nc1ccn(C2OC(CO)(CCl)C(O)C2F)c(=O)n1. The maximum absolute atomic E-state index is 14.1. The minimum atomic E-state index is -1.92. The predicted molar refractivity (Wildman–Crippen MR) is 64.5 cm³/mol. The van der Waals surface area contributed by atoms with E-state index < -0.39 is 36.4 Å². The van der Waals surface area contributed by atoms with Gasteiger partial charge in [-0.3, -0.25) is 4.57 Å². The summed E-state index contributed by atoms with van der Waals surface area (Å²) in [5.41, 5.74) is 2.86. The van der Waals surface area contributed by atoms with Crippen LogP contribution in [0.3, 0.4) is 0 Å². The number of aliphatic hydroxyl groups is 2. The number of rotatable bonds is 3. The van der Waals surface area contributed by atoms with Crippen molar-refractivity contribution in [2.45, 2.75) is 24.1 Å². The Kier molecular flexibility index (Phi) is 3.77. The number of aromatic nitrogens is 2. The molecular weight excluding hydrogens is 281 g/mol. The molecule has 0 aromatic carbocycles. The number of nitrogens with two attached hydrogens (primary N) is 1. The minimum absolute atomic E-state index is 0.0130. The van der Waals surface area contributed by atoms with Crippen molar-refractivity contribution in [2.24, 2.45) is 0 Å². The first-order chi connectivity index (χ1) is 8.95. The Morgan fingerprint density at radius 2 is 2.37 bits per heavy atom. The lowest BCUT2D eigenvalue weighted by Gasteiger charge is -2.26. The van der Waals surface area contributed by atoms with Crippen LogP contribution in [0.5, 0.6) is 0 Å². The standard InChI is InChI=1S/C10H13ClFN3O4/c11-3-10(4-16)7(17)6(12)8(19-10)15-2-1-5(13)14-9(15)18/h1-2,6-8,16-17H,3-4H2,(H2,13,14,18). The summed E-state index contributed by atoms with van der Waals surface area (Å²) in [6, 6.07) is 1.30. The van der Waals surface area contributed by atoms with Crippen LogP contribution in [0, 0.1) is 0 Å². The van der Waals surface area contributed by atoms with Gasteiger partial charge in [0, 0.05) is 6.20 Å². The topological polar surface area (TPSA) is 111 Å². The number of aliphatic hydroxyl groups excluding tert-OH is 2. The van der Waals surface area contributed by atoms with E-state index in [0.717, 1.165) is 4.57 Å². The van der Waals surface area contributed by atoms with E-state index in [1.165, 1.54) is 12.3 Å². The second-order valence-corrected chi connectivity index (χ2v) is 4.56. The average molecular weight is 294 g/mol. The quantitative estimate of drug-likeness (QED) is 0.618. The number of halogens is 2. The molecule has 1 aliphatic rings. The Balaban J connectivity index is 2.39. The number of alkyl halides is 2. The molecule has 9 heteroatoms. The first kappa shape index (κ1) is 14.2. The van der Waals surface area contributed by atoms with E-state index in [9.17, 15) is 19.4 Å². The van der Waals surface area contributed by atoms with Gasteiger partial charge in [-0.2, -0.15) is 4.98 Å². The lowest BCUT2D eigenvalue weighted by molar-refractivity contribution is -0.115. The van der Waals surface area contributed by atoms with Gasteiger partial charge in [-0.1, -0.05) is 0 Å². The number of hydrogen-bond donors (Lipinski definition) is 3. The molecular formula is C10H13ClFN3O4. The van der Waals surface area contributed by atoms with Gasteiger partial charge in [0.2, 0.25) is 0 Å². The molecule has 1 fully saturated rings. The zero-order valence-corrected chi connectivity index (χ0v) is 10.5. The van der Waals surface area contributed by atoms with Gasteiger partial charge < -0.3 is 20.7 Å². The van der Waals surface area contributed by atoms with Crippen molar-refractivity contribution in [1.82, 2.24) is 9.55 Å². The van der Waals surface area contributed by atoms with Crippen LogP contribution in [0.1, 0.15) is 6.23 Å². The van der Waals surface area contributed by atoms with E-state index in [1.54, 1.807) is 0 Å². The van der Waals surface area contributed by atoms with Gasteiger partial charge in [0.1, 0.15) is 17.5 Å². The normalized spacial score (nSPS) is 34.6. The summed E-state index contributed by atoms with van der Waals surface area (Å²) in [5, 5.41) is 19.0. The van der Waals surface area contributed by atoms with E-state index in [1.807, 2.05) is 0 Å². The van der Waals surface area contributed by atoms with Crippen LogP contribution < -0.4 is 11.4 Å². The largest absolute Gasteiger partial charge is 0.393 e. The van der Waals surface area contributed by atoms with Crippen molar-refractivity contribution in [3.05, 3.63) is 22.7 Å². The summed E-state index contributed by atoms with van der Waals surface area (Å²) >= 11 is 5.61. The fourth-order valence-electron chi connectivity index (χ4n) is 1.93.